The van der Waals surface area contributed by atoms with Gasteiger partial charge in [0.25, 0.3) is 5.91 Å². The van der Waals surface area contributed by atoms with Crippen LogP contribution in [0, 0.1) is 0 Å². The molecule has 5 rings (SSSR count). The van der Waals surface area contributed by atoms with Gasteiger partial charge in [0.2, 0.25) is 11.8 Å². The van der Waals surface area contributed by atoms with E-state index in [1.807, 2.05) is 18.2 Å². The number of hydrogen-bond acceptors (Lipinski definition) is 6. The number of hydrogen-bond donors (Lipinski definition) is 3. The standard InChI is InChI=1S/C21H26N4O4/c22-11-21-6-5-20(10-21,12-29-21)23-8-13-1-2-15-14(7-13)9-25(19(15)28)16-3-4-17(26)24-18(16)27/h1-2,7,16,23H,3-6,8-12,22H2,(H,24,26,27). The zero-order valence-electron chi connectivity index (χ0n) is 16.3. The highest BCUT2D eigenvalue weighted by Gasteiger charge is 2.54. The lowest BCUT2D eigenvalue weighted by Crippen LogP contribution is -2.52. The minimum atomic E-state index is -0.577. The Bertz CT molecular complexity index is 891. The van der Waals surface area contributed by atoms with Crippen molar-refractivity contribution in [3.05, 3.63) is 34.9 Å². The third-order valence-electron chi connectivity index (χ3n) is 7.00. The van der Waals surface area contributed by atoms with Gasteiger partial charge < -0.3 is 20.7 Å². The van der Waals surface area contributed by atoms with Crippen molar-refractivity contribution < 1.29 is 19.1 Å². The first-order valence-electron chi connectivity index (χ1n) is 10.3. The molecule has 3 atom stereocenters. The fourth-order valence-corrected chi connectivity index (χ4v) is 5.26. The Balaban J connectivity index is 1.27. The fraction of sp³-hybridized carbons (Fsp3) is 0.571. The molecule has 3 heterocycles. The summed E-state index contributed by atoms with van der Waals surface area (Å²) in [5, 5.41) is 6.01. The molecule has 8 nitrogen and oxygen atoms in total. The van der Waals surface area contributed by atoms with E-state index in [1.165, 1.54) is 0 Å². The molecular weight excluding hydrogens is 372 g/mol. The molecule has 4 N–H and O–H groups in total. The second-order valence-electron chi connectivity index (χ2n) is 8.88. The lowest BCUT2D eigenvalue weighted by molar-refractivity contribution is -0.136. The Kier molecular flexibility index (Phi) is 4.27. The van der Waals surface area contributed by atoms with Crippen molar-refractivity contribution in [1.82, 2.24) is 15.5 Å². The number of fused-ring (bicyclic) bond motifs is 3. The Morgan fingerprint density at radius 2 is 2.14 bits per heavy atom. The lowest BCUT2D eigenvalue weighted by Gasteiger charge is -2.29. The molecule has 1 aromatic rings. The number of piperidine rings is 1. The van der Waals surface area contributed by atoms with Gasteiger partial charge in [-0.2, -0.15) is 0 Å². The number of amides is 3. The third-order valence-corrected chi connectivity index (χ3v) is 7.00. The van der Waals surface area contributed by atoms with E-state index < -0.39 is 6.04 Å². The summed E-state index contributed by atoms with van der Waals surface area (Å²) in [6.45, 7) is 2.35. The van der Waals surface area contributed by atoms with Crippen LogP contribution in [0.4, 0.5) is 0 Å². The maximum Gasteiger partial charge on any atom is 0.255 e. The molecular formula is C21H26N4O4. The summed E-state index contributed by atoms with van der Waals surface area (Å²) in [7, 11) is 0. The SMILES string of the molecule is NCC12CCC(NCc3ccc4c(c3)CN(C3CCC(=O)NC3=O)C4=O)(CO1)C2. The average Bonchev–Trinajstić information content (AvgIpc) is 3.37. The molecule has 0 aromatic heterocycles. The predicted octanol–water partition coefficient (Wildman–Crippen LogP) is 0.188. The highest BCUT2D eigenvalue weighted by atomic mass is 16.5. The van der Waals surface area contributed by atoms with Crippen LogP contribution in [0.2, 0.25) is 0 Å². The van der Waals surface area contributed by atoms with Gasteiger partial charge in [-0.05, 0) is 42.9 Å². The summed E-state index contributed by atoms with van der Waals surface area (Å²) >= 11 is 0. The number of imide groups is 1. The Morgan fingerprint density at radius 3 is 2.83 bits per heavy atom. The smallest absolute Gasteiger partial charge is 0.255 e. The van der Waals surface area contributed by atoms with Gasteiger partial charge in [0.1, 0.15) is 6.04 Å². The van der Waals surface area contributed by atoms with Crippen LogP contribution < -0.4 is 16.4 Å². The molecule has 0 radical (unpaired) electrons. The van der Waals surface area contributed by atoms with Crippen LogP contribution >= 0.6 is 0 Å². The number of ether oxygens (including phenoxy) is 1. The van der Waals surface area contributed by atoms with Gasteiger partial charge in [0.15, 0.2) is 0 Å². The number of nitrogens with zero attached hydrogens (tertiary/aromatic N) is 1. The van der Waals surface area contributed by atoms with Gasteiger partial charge >= 0.3 is 0 Å². The average molecular weight is 398 g/mol. The number of nitrogens with one attached hydrogen (secondary N) is 2. The predicted molar refractivity (Wildman–Crippen MR) is 104 cm³/mol. The second-order valence-corrected chi connectivity index (χ2v) is 8.88. The summed E-state index contributed by atoms with van der Waals surface area (Å²) < 4.78 is 5.97. The molecule has 8 heteroatoms. The highest BCUT2D eigenvalue weighted by molar-refractivity contribution is 6.05. The molecule has 29 heavy (non-hydrogen) atoms. The summed E-state index contributed by atoms with van der Waals surface area (Å²) in [6.07, 6.45) is 3.65. The number of rotatable bonds is 5. The van der Waals surface area contributed by atoms with E-state index >= 15 is 0 Å². The summed E-state index contributed by atoms with van der Waals surface area (Å²) in [5.41, 5.74) is 8.42. The van der Waals surface area contributed by atoms with E-state index in [-0.39, 0.29) is 35.3 Å². The van der Waals surface area contributed by atoms with E-state index in [0.717, 1.165) is 30.4 Å². The largest absolute Gasteiger partial charge is 0.372 e. The Morgan fingerprint density at radius 1 is 1.28 bits per heavy atom. The van der Waals surface area contributed by atoms with Gasteiger partial charge in [0, 0.05) is 37.2 Å². The van der Waals surface area contributed by atoms with Crippen molar-refractivity contribution in [2.45, 2.75) is 62.4 Å². The van der Waals surface area contributed by atoms with Crippen molar-refractivity contribution in [2.75, 3.05) is 13.2 Å². The van der Waals surface area contributed by atoms with Crippen LogP contribution in [-0.4, -0.2) is 53.0 Å². The zero-order chi connectivity index (χ0) is 20.2. The Hall–Kier alpha value is -2.29. The molecule has 3 amide bonds. The van der Waals surface area contributed by atoms with Gasteiger partial charge in [-0.1, -0.05) is 12.1 Å². The van der Waals surface area contributed by atoms with Gasteiger partial charge in [-0.15, -0.1) is 0 Å². The molecule has 0 spiro atoms. The van der Waals surface area contributed by atoms with Gasteiger partial charge in [-0.25, -0.2) is 0 Å². The van der Waals surface area contributed by atoms with Crippen molar-refractivity contribution in [3.8, 4) is 0 Å². The topological polar surface area (TPSA) is 114 Å². The van der Waals surface area contributed by atoms with Crippen molar-refractivity contribution in [2.24, 2.45) is 5.73 Å². The summed E-state index contributed by atoms with van der Waals surface area (Å²) in [5.74, 6) is -0.792. The number of benzene rings is 1. The van der Waals surface area contributed by atoms with Crippen molar-refractivity contribution in [1.29, 1.82) is 0 Å². The monoisotopic (exact) mass is 398 g/mol. The molecule has 2 saturated heterocycles. The highest BCUT2D eigenvalue weighted by Crippen LogP contribution is 2.46. The maximum atomic E-state index is 12.8. The summed E-state index contributed by atoms with van der Waals surface area (Å²) in [6, 6.07) is 5.29. The van der Waals surface area contributed by atoms with Crippen molar-refractivity contribution in [3.63, 3.8) is 0 Å². The van der Waals surface area contributed by atoms with Gasteiger partial charge in [-0.3, -0.25) is 19.7 Å². The molecule has 1 saturated carbocycles. The Labute approximate surface area is 169 Å². The van der Waals surface area contributed by atoms with Crippen LogP contribution in [0.5, 0.6) is 0 Å². The van der Waals surface area contributed by atoms with Crippen LogP contribution in [0.25, 0.3) is 0 Å². The normalized spacial score (nSPS) is 33.3. The zero-order valence-corrected chi connectivity index (χ0v) is 16.3. The molecule has 3 fully saturated rings. The van der Waals surface area contributed by atoms with E-state index in [1.54, 1.807) is 4.90 Å². The fourth-order valence-electron chi connectivity index (χ4n) is 5.26. The van der Waals surface area contributed by atoms with Gasteiger partial charge in [0.05, 0.1) is 12.2 Å². The summed E-state index contributed by atoms with van der Waals surface area (Å²) in [4.78, 5) is 37.9. The minimum Gasteiger partial charge on any atom is -0.372 e. The molecule has 154 valence electrons. The lowest BCUT2D eigenvalue weighted by atomic mass is 9.97. The third kappa shape index (κ3) is 3.06. The van der Waals surface area contributed by atoms with E-state index in [0.29, 0.717) is 38.2 Å². The van der Waals surface area contributed by atoms with Crippen molar-refractivity contribution >= 4 is 17.7 Å². The molecule has 3 unspecified atom stereocenters. The van der Waals surface area contributed by atoms with E-state index in [9.17, 15) is 14.4 Å². The number of carbonyl (C=O) groups is 3. The molecule has 1 aliphatic carbocycles. The molecule has 4 aliphatic rings. The maximum absolute atomic E-state index is 12.8. The first kappa shape index (κ1) is 18.7. The molecule has 1 aromatic carbocycles. The first-order valence-corrected chi connectivity index (χ1v) is 10.3. The van der Waals surface area contributed by atoms with E-state index in [2.05, 4.69) is 10.6 Å². The number of nitrogens with two attached hydrogens (primary N) is 1. The van der Waals surface area contributed by atoms with Crippen LogP contribution in [0.1, 0.15) is 53.6 Å². The minimum absolute atomic E-state index is 0.00698. The molecule has 3 aliphatic heterocycles. The second kappa shape index (κ2) is 6.62. The number of carbonyl (C=O) groups excluding carboxylic acids is 3. The first-order chi connectivity index (χ1) is 13.9. The van der Waals surface area contributed by atoms with Crippen LogP contribution in [-0.2, 0) is 27.4 Å². The van der Waals surface area contributed by atoms with E-state index in [4.69, 9.17) is 10.5 Å². The van der Waals surface area contributed by atoms with Crippen LogP contribution in [0.3, 0.4) is 0 Å². The molecule has 2 bridgehead atoms. The van der Waals surface area contributed by atoms with Crippen LogP contribution in [0.15, 0.2) is 18.2 Å². The quantitative estimate of drug-likeness (QED) is 0.610.